The van der Waals surface area contributed by atoms with E-state index in [0.717, 1.165) is 5.56 Å². The molecular formula is C28H31N3O7S. The van der Waals surface area contributed by atoms with E-state index in [4.69, 9.17) is 0 Å². The van der Waals surface area contributed by atoms with E-state index in [0.29, 0.717) is 5.56 Å². The first-order valence-corrected chi connectivity index (χ1v) is 13.9. The minimum atomic E-state index is -3.74. The van der Waals surface area contributed by atoms with Gasteiger partial charge in [0.2, 0.25) is 10.0 Å². The highest BCUT2D eigenvalue weighted by atomic mass is 32.2. The highest BCUT2D eigenvalue weighted by Gasteiger charge is 2.28. The molecule has 0 aliphatic carbocycles. The highest BCUT2D eigenvalue weighted by Crippen LogP contribution is 2.20. The molecule has 11 heteroatoms. The quantitative estimate of drug-likeness (QED) is 0.230. The molecule has 3 atom stereocenters. The number of rotatable bonds is 12. The second-order valence-electron chi connectivity index (χ2n) is 8.96. The van der Waals surface area contributed by atoms with E-state index >= 15 is 0 Å². The van der Waals surface area contributed by atoms with E-state index in [1.807, 2.05) is 30.3 Å². The predicted molar refractivity (Wildman–Crippen MR) is 147 cm³/mol. The Hall–Kier alpha value is -4.22. The molecule has 2 amide bonds. The summed E-state index contributed by atoms with van der Waals surface area (Å²) in [5.74, 6) is -3.10. The van der Waals surface area contributed by atoms with Gasteiger partial charge >= 0.3 is 5.97 Å². The lowest BCUT2D eigenvalue weighted by Gasteiger charge is -2.22. The number of aliphatic hydroxyl groups is 1. The summed E-state index contributed by atoms with van der Waals surface area (Å²) < 4.78 is 26.8. The van der Waals surface area contributed by atoms with Gasteiger partial charge in [0.25, 0.3) is 11.8 Å². The lowest BCUT2D eigenvalue weighted by molar-refractivity contribution is -0.148. The van der Waals surface area contributed by atoms with Gasteiger partial charge in [0.15, 0.2) is 6.10 Å². The van der Waals surface area contributed by atoms with Crippen LogP contribution in [0.2, 0.25) is 0 Å². The molecule has 0 fully saturated rings. The fourth-order valence-electron chi connectivity index (χ4n) is 3.84. The molecule has 39 heavy (non-hydrogen) atoms. The van der Waals surface area contributed by atoms with Crippen molar-refractivity contribution in [1.29, 1.82) is 0 Å². The maximum atomic E-state index is 13.3. The number of carboxylic acid groups (broad SMARTS) is 1. The van der Waals surface area contributed by atoms with E-state index in [1.54, 1.807) is 37.3 Å². The second-order valence-corrected chi connectivity index (χ2v) is 11.0. The number of amides is 2. The number of carboxylic acids is 1. The van der Waals surface area contributed by atoms with Crippen molar-refractivity contribution >= 4 is 33.5 Å². The summed E-state index contributed by atoms with van der Waals surface area (Å²) in [6.07, 6.45) is -1.89. The van der Waals surface area contributed by atoms with Crippen LogP contribution in [0.15, 0.2) is 78.9 Å². The minimum Gasteiger partial charge on any atom is -0.479 e. The molecule has 206 valence electrons. The molecule has 0 bridgehead atoms. The maximum Gasteiger partial charge on any atom is 0.334 e. The summed E-state index contributed by atoms with van der Waals surface area (Å²) in [6, 6.07) is 20.2. The second kappa shape index (κ2) is 13.0. The normalized spacial score (nSPS) is 13.5. The van der Waals surface area contributed by atoms with Gasteiger partial charge in [-0.3, -0.25) is 14.3 Å². The smallest absolute Gasteiger partial charge is 0.334 e. The first-order chi connectivity index (χ1) is 18.5. The molecule has 10 nitrogen and oxygen atoms in total. The van der Waals surface area contributed by atoms with E-state index in [-0.39, 0.29) is 35.0 Å². The summed E-state index contributed by atoms with van der Waals surface area (Å²) in [5, 5.41) is 25.0. The van der Waals surface area contributed by atoms with Crippen LogP contribution in [-0.2, 0) is 21.2 Å². The molecule has 0 aliphatic rings. The monoisotopic (exact) mass is 553 g/mol. The summed E-state index contributed by atoms with van der Waals surface area (Å²) in [7, 11) is -3.74. The molecule has 5 N–H and O–H groups in total. The van der Waals surface area contributed by atoms with E-state index in [2.05, 4.69) is 15.4 Å². The zero-order valence-corrected chi connectivity index (χ0v) is 22.3. The van der Waals surface area contributed by atoms with Crippen LogP contribution in [0.4, 0.5) is 5.69 Å². The molecule has 3 aromatic rings. The topological polar surface area (TPSA) is 162 Å². The Morgan fingerprint density at radius 3 is 1.92 bits per heavy atom. The van der Waals surface area contributed by atoms with E-state index in [9.17, 15) is 33.0 Å². The molecular weight excluding hydrogens is 522 g/mol. The lowest BCUT2D eigenvalue weighted by atomic mass is 10.00. The standard InChI is InChI=1S/C28H31N3O7S/c1-3-39(37,38)31-23-16-21(26(33)29-18(2)20-12-8-5-9-13-20)15-22(17-23)27(34)30-24(25(32)28(35)36)14-19-10-6-4-7-11-19/h4-13,15-18,24-25,31-32H,3,14H2,1-2H3,(H,29,33)(H,30,34)(H,35,36)/t18-,24+,25-/m1/s1. The number of sulfonamides is 1. The number of nitrogens with one attached hydrogen (secondary N) is 3. The van der Waals surface area contributed by atoms with Crippen LogP contribution < -0.4 is 15.4 Å². The van der Waals surface area contributed by atoms with Crippen molar-refractivity contribution < 1.29 is 33.0 Å². The minimum absolute atomic E-state index is 0.0117. The number of aliphatic carboxylic acids is 1. The van der Waals surface area contributed by atoms with Crippen LogP contribution in [0.3, 0.4) is 0 Å². The van der Waals surface area contributed by atoms with Gasteiger partial charge in [-0.1, -0.05) is 60.7 Å². The molecule has 0 saturated carbocycles. The first kappa shape index (κ1) is 29.3. The molecule has 0 spiro atoms. The van der Waals surface area contributed by atoms with Crippen molar-refractivity contribution in [3.05, 3.63) is 101 Å². The molecule has 3 aromatic carbocycles. The van der Waals surface area contributed by atoms with Crippen molar-refractivity contribution in [2.24, 2.45) is 0 Å². The Balaban J connectivity index is 1.92. The molecule has 0 heterocycles. The molecule has 0 radical (unpaired) electrons. The number of aliphatic hydroxyl groups excluding tert-OH is 1. The van der Waals surface area contributed by atoms with Gasteiger partial charge in [-0.2, -0.15) is 0 Å². The van der Waals surface area contributed by atoms with Gasteiger partial charge < -0.3 is 20.8 Å². The molecule has 0 unspecified atom stereocenters. The SMILES string of the molecule is CCS(=O)(=O)Nc1cc(C(=O)N[C@@H](Cc2ccccc2)[C@@H](O)C(=O)O)cc(C(=O)N[C@H](C)c2ccccc2)c1. The van der Waals surface area contributed by atoms with Crippen LogP contribution >= 0.6 is 0 Å². The zero-order chi connectivity index (χ0) is 28.6. The third kappa shape index (κ3) is 8.39. The Bertz CT molecular complexity index is 1410. The van der Waals surface area contributed by atoms with Crippen molar-refractivity contribution in [3.63, 3.8) is 0 Å². The van der Waals surface area contributed by atoms with Gasteiger partial charge in [-0.05, 0) is 49.6 Å². The third-order valence-electron chi connectivity index (χ3n) is 6.01. The number of anilines is 1. The summed E-state index contributed by atoms with van der Waals surface area (Å²) in [4.78, 5) is 37.9. The fourth-order valence-corrected chi connectivity index (χ4v) is 4.46. The van der Waals surface area contributed by atoms with Crippen molar-refractivity contribution in [3.8, 4) is 0 Å². The van der Waals surface area contributed by atoms with Crippen molar-refractivity contribution in [2.75, 3.05) is 10.5 Å². The van der Waals surface area contributed by atoms with E-state index < -0.39 is 40.0 Å². The Kier molecular flexibility index (Phi) is 9.80. The van der Waals surface area contributed by atoms with Crippen molar-refractivity contribution in [2.45, 2.75) is 38.5 Å². The van der Waals surface area contributed by atoms with Gasteiger partial charge in [-0.15, -0.1) is 0 Å². The number of carbonyl (C=O) groups is 3. The lowest BCUT2D eigenvalue weighted by Crippen LogP contribution is -2.48. The average molecular weight is 554 g/mol. The number of hydrogen-bond acceptors (Lipinski definition) is 6. The van der Waals surface area contributed by atoms with Crippen molar-refractivity contribution in [1.82, 2.24) is 10.6 Å². The van der Waals surface area contributed by atoms with E-state index in [1.165, 1.54) is 25.1 Å². The summed E-state index contributed by atoms with van der Waals surface area (Å²) in [5.41, 5.74) is 1.43. The first-order valence-electron chi connectivity index (χ1n) is 12.3. The van der Waals surface area contributed by atoms with Crippen LogP contribution in [0.5, 0.6) is 0 Å². The molecule has 0 saturated heterocycles. The van der Waals surface area contributed by atoms with Crippen LogP contribution in [0, 0.1) is 0 Å². The third-order valence-corrected chi connectivity index (χ3v) is 7.31. The Morgan fingerprint density at radius 1 is 0.846 bits per heavy atom. The number of carbonyl (C=O) groups excluding carboxylic acids is 2. The summed E-state index contributed by atoms with van der Waals surface area (Å²) in [6.45, 7) is 3.22. The summed E-state index contributed by atoms with van der Waals surface area (Å²) >= 11 is 0. The van der Waals surface area contributed by atoms with Crippen LogP contribution in [-0.4, -0.2) is 54.3 Å². The average Bonchev–Trinajstić information content (AvgIpc) is 2.92. The van der Waals surface area contributed by atoms with Crippen LogP contribution in [0.1, 0.15) is 51.7 Å². The van der Waals surface area contributed by atoms with Gasteiger partial charge in [0.1, 0.15) is 0 Å². The van der Waals surface area contributed by atoms with Gasteiger partial charge in [-0.25, -0.2) is 13.2 Å². The maximum absolute atomic E-state index is 13.3. The Labute approximate surface area is 227 Å². The largest absolute Gasteiger partial charge is 0.479 e. The Morgan fingerprint density at radius 2 is 1.38 bits per heavy atom. The molecule has 0 aliphatic heterocycles. The predicted octanol–water partition coefficient (Wildman–Crippen LogP) is 2.73. The molecule has 3 rings (SSSR count). The van der Waals surface area contributed by atoms with Gasteiger partial charge in [0.05, 0.1) is 23.5 Å². The number of benzene rings is 3. The zero-order valence-electron chi connectivity index (χ0n) is 21.5. The highest BCUT2D eigenvalue weighted by molar-refractivity contribution is 7.92. The van der Waals surface area contributed by atoms with Gasteiger partial charge in [0, 0.05) is 11.1 Å². The molecule has 0 aromatic heterocycles. The van der Waals surface area contributed by atoms with Crippen LogP contribution in [0.25, 0.3) is 0 Å². The number of hydrogen-bond donors (Lipinski definition) is 5. The fraction of sp³-hybridized carbons (Fsp3) is 0.250.